The third-order valence-electron chi connectivity index (χ3n) is 15.1. The summed E-state index contributed by atoms with van der Waals surface area (Å²) >= 11 is 1.42. The normalized spacial score (nSPS) is 14.8. The highest BCUT2D eigenvalue weighted by Gasteiger charge is 2.52. The highest BCUT2D eigenvalue weighted by molar-refractivity contribution is 7.12. The smallest absolute Gasteiger partial charge is 0.497 e. The SMILES string of the molecule is COc1ccc(C(=O)c2cn(CC3CCOCC3)c3ccc(OCC(=O)NC(C)(C)C(=O)NC(C)(C)C(=O)NCCNC(=O)CCCCCNC(=O)COc4ccc(/C=C/c5ccc6n5[B-](F)(F)[N+]5=C(c7cccs7)C=CC5=C6)cc4)cc23)cc1. The number of hydrogen-bond acceptors (Lipinski definition) is 11. The first-order valence-electron chi connectivity index (χ1n) is 28.5. The van der Waals surface area contributed by atoms with Crippen LogP contribution in [0.4, 0.5) is 8.63 Å². The van der Waals surface area contributed by atoms with Crippen LogP contribution in [-0.2, 0) is 35.3 Å². The van der Waals surface area contributed by atoms with Gasteiger partial charge in [0.1, 0.15) is 28.3 Å². The summed E-state index contributed by atoms with van der Waals surface area (Å²) in [5.41, 5.74) is 1.51. The lowest BCUT2D eigenvalue weighted by Crippen LogP contribution is -2.63. The fourth-order valence-corrected chi connectivity index (χ4v) is 11.1. The van der Waals surface area contributed by atoms with E-state index in [0.29, 0.717) is 108 Å². The van der Waals surface area contributed by atoms with Gasteiger partial charge in [0.05, 0.1) is 12.0 Å². The Balaban J connectivity index is 0.634. The number of ether oxygens (including phenoxy) is 4. The van der Waals surface area contributed by atoms with Gasteiger partial charge >= 0.3 is 6.97 Å². The van der Waals surface area contributed by atoms with E-state index in [9.17, 15) is 28.8 Å². The largest absolute Gasteiger partial charge is 0.737 e. The monoisotopic (exact) mass is 1180 g/mol. The maximum absolute atomic E-state index is 16.2. The highest BCUT2D eigenvalue weighted by Crippen LogP contribution is 2.35. The molecule has 6 aromatic rings. The topological polar surface area (TPSA) is 212 Å². The van der Waals surface area contributed by atoms with E-state index in [0.717, 1.165) is 37.8 Å². The average molecular weight is 1180 g/mol. The Kier molecular flexibility index (Phi) is 19.3. The van der Waals surface area contributed by atoms with Gasteiger partial charge in [-0.1, -0.05) is 30.7 Å². The molecule has 1 saturated heterocycles. The Bertz CT molecular complexity index is 3560. The lowest BCUT2D eigenvalue weighted by molar-refractivity contribution is -0.360. The molecule has 18 nitrogen and oxygen atoms in total. The molecule has 3 aromatic heterocycles. The number of aromatic nitrogens is 2. The summed E-state index contributed by atoms with van der Waals surface area (Å²) in [5.74, 6) is -0.509. The van der Waals surface area contributed by atoms with Crippen LogP contribution in [0.15, 0.2) is 120 Å². The number of amides is 5. The molecule has 0 unspecified atom stereocenters. The average Bonchev–Trinajstić information content (AvgIpc) is 1.69. The minimum atomic E-state index is -4.15. The fraction of sp³-hybridized carbons (Fsp3) is 0.349. The predicted octanol–water partition coefficient (Wildman–Crippen LogP) is 8.15. The molecule has 0 bridgehead atoms. The standard InChI is InChI=1S/C63H71BF2N8O10S/c1-62(2,71-61(80)63(3,4)70-58(77)41-84-50-25-27-53-51(37-50)52(39-72(53)38-43-28-33-82-34-29-43)59(78)44-15-23-48(81-5)24-16-44)60(79)69-32-31-68-56(75)11-7-6-8-30-67-57(76)40-83-49-21-13-42(14-22-49)12-17-45-18-19-46-36-47-20-26-54(55-10-9-35-85-55)74(47)64(65,66)73(45)46/h9-10,12-27,35-37,39,43H,6-8,11,28-34,38,40-41H2,1-5H3,(H,67,76)(H,68,75)(H,69,79)(H,70,77)(H,71,80)/b17-12+. The van der Waals surface area contributed by atoms with Crippen molar-refractivity contribution in [1.82, 2.24) is 35.6 Å². The van der Waals surface area contributed by atoms with Gasteiger partial charge in [-0.15, -0.1) is 11.3 Å². The van der Waals surface area contributed by atoms with Crippen LogP contribution < -0.4 is 40.8 Å². The van der Waals surface area contributed by atoms with E-state index < -0.39 is 42.4 Å². The van der Waals surface area contributed by atoms with Crippen molar-refractivity contribution in [3.05, 3.63) is 153 Å². The molecule has 0 aliphatic carbocycles. The van der Waals surface area contributed by atoms with Gasteiger partial charge < -0.3 is 67.7 Å². The molecular formula is C63H71BF2N8O10S. The second-order valence-electron chi connectivity index (χ2n) is 22.3. The highest BCUT2D eigenvalue weighted by atomic mass is 32.1. The number of ketones is 1. The van der Waals surface area contributed by atoms with Crippen LogP contribution in [0.5, 0.6) is 17.2 Å². The van der Waals surface area contributed by atoms with Gasteiger partial charge in [-0.05, 0) is 149 Å². The fourth-order valence-electron chi connectivity index (χ4n) is 10.4. The van der Waals surface area contributed by atoms with Crippen molar-refractivity contribution >= 4 is 88.5 Å². The van der Waals surface area contributed by atoms with E-state index in [1.807, 2.05) is 29.8 Å². The molecule has 0 spiro atoms. The number of methoxy groups -OCH3 is 1. The molecule has 3 aliphatic rings. The first-order valence-corrected chi connectivity index (χ1v) is 29.4. The van der Waals surface area contributed by atoms with Gasteiger partial charge in [0.15, 0.2) is 30.4 Å². The van der Waals surface area contributed by atoms with Crippen LogP contribution in [-0.4, -0.2) is 126 Å². The number of benzene rings is 3. The molecule has 3 aromatic carbocycles. The first kappa shape index (κ1) is 61.0. The van der Waals surface area contributed by atoms with Crippen molar-refractivity contribution in [3.63, 3.8) is 0 Å². The molecule has 0 atom stereocenters. The van der Waals surface area contributed by atoms with E-state index in [1.165, 1.54) is 39.0 Å². The molecular weight excluding hydrogens is 1110 g/mol. The van der Waals surface area contributed by atoms with Gasteiger partial charge in [-0.3, -0.25) is 28.8 Å². The second kappa shape index (κ2) is 27.0. The summed E-state index contributed by atoms with van der Waals surface area (Å²) in [7, 11) is 1.56. The molecule has 5 amide bonds. The number of carbonyl (C=O) groups is 6. The zero-order valence-corrected chi connectivity index (χ0v) is 49.2. The van der Waals surface area contributed by atoms with E-state index in [2.05, 4.69) is 31.2 Å². The maximum Gasteiger partial charge on any atom is 0.737 e. The molecule has 9 rings (SSSR count). The van der Waals surface area contributed by atoms with Crippen molar-refractivity contribution in [1.29, 1.82) is 0 Å². The Labute approximate surface area is 496 Å². The molecule has 3 aliphatic heterocycles. The van der Waals surface area contributed by atoms with E-state index in [4.69, 9.17) is 18.9 Å². The van der Waals surface area contributed by atoms with Crippen LogP contribution in [0.1, 0.15) is 104 Å². The summed E-state index contributed by atoms with van der Waals surface area (Å²) < 4.78 is 59.1. The number of fused-ring (bicyclic) bond motifs is 3. The number of thiophene rings is 1. The lowest BCUT2D eigenvalue weighted by Gasteiger charge is -2.31. The molecule has 0 saturated carbocycles. The number of hydrogen-bond donors (Lipinski definition) is 5. The van der Waals surface area contributed by atoms with Crippen LogP contribution in [0, 0.1) is 5.92 Å². The molecule has 85 heavy (non-hydrogen) atoms. The number of unbranched alkanes of at least 4 members (excludes halogenated alkanes) is 2. The molecule has 6 heterocycles. The van der Waals surface area contributed by atoms with Crippen molar-refractivity contribution < 1.29 is 60.8 Å². The zero-order chi connectivity index (χ0) is 60.3. The van der Waals surface area contributed by atoms with Crippen LogP contribution >= 0.6 is 11.3 Å². The van der Waals surface area contributed by atoms with Gasteiger partial charge in [0.25, 0.3) is 11.8 Å². The van der Waals surface area contributed by atoms with Crippen molar-refractivity contribution in [3.8, 4) is 17.2 Å². The number of carbonyl (C=O) groups excluding carboxylic acids is 6. The molecule has 0 radical (unpaired) electrons. The van der Waals surface area contributed by atoms with Gasteiger partial charge in [0, 0.05) is 104 Å². The Hall–Kier alpha value is -8.63. The Morgan fingerprint density at radius 2 is 1.44 bits per heavy atom. The molecule has 22 heteroatoms. The van der Waals surface area contributed by atoms with Crippen LogP contribution in [0.3, 0.4) is 0 Å². The number of nitrogens with zero attached hydrogens (tertiary/aromatic N) is 3. The van der Waals surface area contributed by atoms with E-state index >= 15 is 8.63 Å². The maximum atomic E-state index is 16.2. The summed E-state index contributed by atoms with van der Waals surface area (Å²) in [4.78, 5) is 79.6. The number of allylic oxidation sites excluding steroid dienone is 2. The summed E-state index contributed by atoms with van der Waals surface area (Å²) in [5, 5.41) is 16.3. The minimum Gasteiger partial charge on any atom is -0.497 e. The Morgan fingerprint density at radius 3 is 2.18 bits per heavy atom. The first-order chi connectivity index (χ1) is 40.8. The number of rotatable bonds is 27. The molecule has 446 valence electrons. The quantitative estimate of drug-likeness (QED) is 0.0190. The summed E-state index contributed by atoms with van der Waals surface area (Å²) in [6.07, 6.45) is 14.5. The van der Waals surface area contributed by atoms with E-state index in [1.54, 1.807) is 110 Å². The van der Waals surface area contributed by atoms with Gasteiger partial charge in [-0.25, -0.2) is 0 Å². The Morgan fingerprint density at radius 1 is 0.741 bits per heavy atom. The van der Waals surface area contributed by atoms with Gasteiger partial charge in [-0.2, -0.15) is 0 Å². The lowest BCUT2D eigenvalue weighted by atomic mass is 9.90. The van der Waals surface area contributed by atoms with E-state index in [-0.39, 0.29) is 43.7 Å². The predicted molar refractivity (Wildman–Crippen MR) is 324 cm³/mol. The summed E-state index contributed by atoms with van der Waals surface area (Å²) in [6, 6.07) is 26.3. The van der Waals surface area contributed by atoms with Gasteiger partial charge in [0.2, 0.25) is 17.7 Å². The third-order valence-corrected chi connectivity index (χ3v) is 16.0. The molecule has 5 N–H and O–H groups in total. The van der Waals surface area contributed by atoms with Crippen molar-refractivity contribution in [2.24, 2.45) is 5.92 Å². The van der Waals surface area contributed by atoms with Crippen LogP contribution in [0.2, 0.25) is 0 Å². The number of nitrogens with one attached hydrogen (secondary N) is 5. The molecule has 1 fully saturated rings. The second-order valence-corrected chi connectivity index (χ2v) is 23.2. The third kappa shape index (κ3) is 15.0. The summed E-state index contributed by atoms with van der Waals surface area (Å²) in [6.45, 7) is 4.07. The van der Waals surface area contributed by atoms with Crippen molar-refractivity contribution in [2.45, 2.75) is 83.8 Å². The van der Waals surface area contributed by atoms with Crippen LogP contribution in [0.25, 0.3) is 29.1 Å². The van der Waals surface area contributed by atoms with Crippen molar-refractivity contribution in [2.75, 3.05) is 53.2 Å². The number of halogens is 2. The minimum absolute atomic E-state index is 0.105. The zero-order valence-electron chi connectivity index (χ0n) is 48.3.